The molecule has 2 heterocycles. The lowest BCUT2D eigenvalue weighted by Gasteiger charge is -2.11. The van der Waals surface area contributed by atoms with Crippen LogP contribution in [-0.2, 0) is 11.2 Å². The summed E-state index contributed by atoms with van der Waals surface area (Å²) in [6.45, 7) is 2.72. The summed E-state index contributed by atoms with van der Waals surface area (Å²) in [5.41, 5.74) is 2.69. The highest BCUT2D eigenvalue weighted by Crippen LogP contribution is 2.27. The normalized spacial score (nSPS) is 14.1. The molecule has 0 aliphatic carbocycles. The van der Waals surface area contributed by atoms with Crippen LogP contribution in [0.5, 0.6) is 0 Å². The number of amides is 1. The second-order valence-electron chi connectivity index (χ2n) is 4.43. The van der Waals surface area contributed by atoms with Gasteiger partial charge in [0.25, 0.3) is 5.91 Å². The Balaban J connectivity index is 2.22. The minimum atomic E-state index is -0.368. The smallest absolute Gasteiger partial charge is 0.340 e. The molecule has 1 aromatic carbocycles. The first kappa shape index (κ1) is 11.8. The molecule has 98 valence electrons. The average molecular weight is 258 g/mol. The van der Waals surface area contributed by atoms with Crippen molar-refractivity contribution in [2.75, 3.05) is 13.2 Å². The minimum Gasteiger partial charge on any atom is -0.462 e. The zero-order valence-electron chi connectivity index (χ0n) is 10.6. The maximum absolute atomic E-state index is 11.9. The summed E-state index contributed by atoms with van der Waals surface area (Å²) in [7, 11) is 0. The zero-order valence-corrected chi connectivity index (χ0v) is 10.6. The van der Waals surface area contributed by atoms with E-state index in [2.05, 4.69) is 10.3 Å². The van der Waals surface area contributed by atoms with E-state index >= 15 is 0 Å². The van der Waals surface area contributed by atoms with Crippen LogP contribution in [0.4, 0.5) is 0 Å². The summed E-state index contributed by atoms with van der Waals surface area (Å²) in [4.78, 5) is 27.0. The Kier molecular flexibility index (Phi) is 2.74. The van der Waals surface area contributed by atoms with Crippen molar-refractivity contribution in [3.05, 3.63) is 35.0 Å². The number of para-hydroxylation sites is 1. The van der Waals surface area contributed by atoms with E-state index in [0.29, 0.717) is 29.8 Å². The van der Waals surface area contributed by atoms with Crippen molar-refractivity contribution in [3.8, 4) is 0 Å². The van der Waals surface area contributed by atoms with Gasteiger partial charge in [0.1, 0.15) is 0 Å². The standard InChI is InChI=1S/C14H14N2O3/c1-2-19-14(18)9-5-3-4-8-11-10(16-12(8)9)6-7-15-13(11)17/h3-5,16H,2,6-7H2,1H3,(H,15,17). The fraction of sp³-hybridized carbons (Fsp3) is 0.286. The maximum atomic E-state index is 11.9. The van der Waals surface area contributed by atoms with Gasteiger partial charge in [-0.2, -0.15) is 0 Å². The highest BCUT2D eigenvalue weighted by molar-refractivity contribution is 6.13. The molecule has 0 unspecified atom stereocenters. The van der Waals surface area contributed by atoms with Crippen LogP contribution in [0.2, 0.25) is 0 Å². The zero-order chi connectivity index (χ0) is 13.4. The van der Waals surface area contributed by atoms with E-state index in [0.717, 1.165) is 17.5 Å². The molecular formula is C14H14N2O3. The molecule has 5 nitrogen and oxygen atoms in total. The van der Waals surface area contributed by atoms with E-state index in [-0.39, 0.29) is 11.9 Å². The van der Waals surface area contributed by atoms with Crippen molar-refractivity contribution >= 4 is 22.8 Å². The number of hydrogen-bond acceptors (Lipinski definition) is 3. The maximum Gasteiger partial charge on any atom is 0.340 e. The van der Waals surface area contributed by atoms with Crippen molar-refractivity contribution in [3.63, 3.8) is 0 Å². The first-order valence-electron chi connectivity index (χ1n) is 6.31. The second kappa shape index (κ2) is 4.42. The first-order valence-corrected chi connectivity index (χ1v) is 6.31. The van der Waals surface area contributed by atoms with E-state index in [1.54, 1.807) is 19.1 Å². The van der Waals surface area contributed by atoms with Crippen LogP contribution >= 0.6 is 0 Å². The quantitative estimate of drug-likeness (QED) is 0.804. The van der Waals surface area contributed by atoms with Crippen LogP contribution in [-0.4, -0.2) is 30.0 Å². The molecule has 0 radical (unpaired) electrons. The highest BCUT2D eigenvalue weighted by atomic mass is 16.5. The van der Waals surface area contributed by atoms with Crippen LogP contribution in [0.25, 0.3) is 10.9 Å². The van der Waals surface area contributed by atoms with Crippen LogP contribution in [0.3, 0.4) is 0 Å². The molecule has 1 aromatic heterocycles. The number of carbonyl (C=O) groups excluding carboxylic acids is 2. The van der Waals surface area contributed by atoms with Crippen molar-refractivity contribution < 1.29 is 14.3 Å². The molecule has 0 saturated heterocycles. The summed E-state index contributed by atoms with van der Waals surface area (Å²) in [5, 5.41) is 3.59. The monoisotopic (exact) mass is 258 g/mol. The van der Waals surface area contributed by atoms with Gasteiger partial charge in [0.2, 0.25) is 0 Å². The number of rotatable bonds is 2. The third kappa shape index (κ3) is 1.78. The van der Waals surface area contributed by atoms with Gasteiger partial charge in [-0.3, -0.25) is 4.79 Å². The predicted molar refractivity (Wildman–Crippen MR) is 70.3 cm³/mol. The number of nitrogens with one attached hydrogen (secondary N) is 2. The Morgan fingerprint density at radius 3 is 3.05 bits per heavy atom. The molecule has 2 aromatic rings. The number of esters is 1. The number of aromatic nitrogens is 1. The molecule has 0 fully saturated rings. The molecule has 0 bridgehead atoms. The molecule has 19 heavy (non-hydrogen) atoms. The molecule has 5 heteroatoms. The lowest BCUT2D eigenvalue weighted by molar-refractivity contribution is 0.0528. The van der Waals surface area contributed by atoms with Gasteiger partial charge in [-0.15, -0.1) is 0 Å². The van der Waals surface area contributed by atoms with Crippen LogP contribution in [0.1, 0.15) is 33.3 Å². The lowest BCUT2D eigenvalue weighted by atomic mass is 10.0. The van der Waals surface area contributed by atoms with Crippen molar-refractivity contribution in [2.45, 2.75) is 13.3 Å². The topological polar surface area (TPSA) is 71.2 Å². The van der Waals surface area contributed by atoms with Gasteiger partial charge in [-0.25, -0.2) is 4.79 Å². The molecule has 1 amide bonds. The molecular weight excluding hydrogens is 244 g/mol. The average Bonchev–Trinajstić information content (AvgIpc) is 2.78. The van der Waals surface area contributed by atoms with Gasteiger partial charge >= 0.3 is 5.97 Å². The van der Waals surface area contributed by atoms with Crippen LogP contribution in [0, 0.1) is 0 Å². The third-order valence-corrected chi connectivity index (χ3v) is 3.29. The third-order valence-electron chi connectivity index (χ3n) is 3.29. The first-order chi connectivity index (χ1) is 9.22. The number of benzene rings is 1. The van der Waals surface area contributed by atoms with Gasteiger partial charge in [-0.05, 0) is 13.0 Å². The molecule has 1 aliphatic rings. The number of ether oxygens (including phenoxy) is 1. The van der Waals surface area contributed by atoms with Crippen LogP contribution < -0.4 is 5.32 Å². The Bertz CT molecular complexity index is 673. The van der Waals surface area contributed by atoms with Gasteiger partial charge in [0.15, 0.2) is 0 Å². The van der Waals surface area contributed by atoms with Gasteiger partial charge in [-0.1, -0.05) is 12.1 Å². The molecule has 2 N–H and O–H groups in total. The Labute approximate surface area is 109 Å². The van der Waals surface area contributed by atoms with E-state index in [1.807, 2.05) is 6.07 Å². The Morgan fingerprint density at radius 2 is 2.26 bits per heavy atom. The highest BCUT2D eigenvalue weighted by Gasteiger charge is 2.24. The molecule has 3 rings (SSSR count). The number of H-pyrrole nitrogens is 1. The summed E-state index contributed by atoms with van der Waals surface area (Å²) >= 11 is 0. The minimum absolute atomic E-state index is 0.0893. The Morgan fingerprint density at radius 1 is 1.42 bits per heavy atom. The predicted octanol–water partition coefficient (Wildman–Crippen LogP) is 1.63. The van der Waals surface area contributed by atoms with Gasteiger partial charge < -0.3 is 15.0 Å². The SMILES string of the molecule is CCOC(=O)c1cccc2c3c([nH]c12)CCNC3=O. The number of aromatic amines is 1. The van der Waals surface area contributed by atoms with Crippen molar-refractivity contribution in [1.82, 2.24) is 10.3 Å². The van der Waals surface area contributed by atoms with Gasteiger partial charge in [0, 0.05) is 24.0 Å². The van der Waals surface area contributed by atoms with Crippen molar-refractivity contribution in [1.29, 1.82) is 0 Å². The molecule has 0 saturated carbocycles. The number of hydrogen-bond donors (Lipinski definition) is 2. The fourth-order valence-electron chi connectivity index (χ4n) is 2.49. The summed E-state index contributed by atoms with van der Waals surface area (Å²) in [5.74, 6) is -0.458. The van der Waals surface area contributed by atoms with E-state index in [9.17, 15) is 9.59 Å². The largest absolute Gasteiger partial charge is 0.462 e. The summed E-state index contributed by atoms with van der Waals surface area (Å²) in [6.07, 6.45) is 0.748. The molecule has 0 atom stereocenters. The number of carbonyl (C=O) groups is 2. The van der Waals surface area contributed by atoms with Gasteiger partial charge in [0.05, 0.1) is 23.3 Å². The second-order valence-corrected chi connectivity index (χ2v) is 4.43. The fourth-order valence-corrected chi connectivity index (χ4v) is 2.49. The van der Waals surface area contributed by atoms with E-state index in [4.69, 9.17) is 4.74 Å². The molecule has 1 aliphatic heterocycles. The van der Waals surface area contributed by atoms with Crippen molar-refractivity contribution in [2.24, 2.45) is 0 Å². The molecule has 0 spiro atoms. The number of fused-ring (bicyclic) bond motifs is 3. The van der Waals surface area contributed by atoms with E-state index in [1.165, 1.54) is 0 Å². The summed E-state index contributed by atoms with van der Waals surface area (Å²) in [6, 6.07) is 5.32. The lowest BCUT2D eigenvalue weighted by Crippen LogP contribution is -2.31. The Hall–Kier alpha value is -2.30. The van der Waals surface area contributed by atoms with Crippen LogP contribution in [0.15, 0.2) is 18.2 Å². The van der Waals surface area contributed by atoms with E-state index < -0.39 is 0 Å². The summed E-state index contributed by atoms with van der Waals surface area (Å²) < 4.78 is 5.04.